The molecule has 0 aliphatic heterocycles. The second-order valence-corrected chi connectivity index (χ2v) is 15.0. The third-order valence-corrected chi connectivity index (χ3v) is 11.7. The van der Waals surface area contributed by atoms with E-state index in [1.807, 2.05) is 0 Å². The van der Waals surface area contributed by atoms with Gasteiger partial charge in [0.1, 0.15) is 0 Å². The molecule has 0 saturated carbocycles. The summed E-state index contributed by atoms with van der Waals surface area (Å²) in [4.78, 5) is 2.36. The van der Waals surface area contributed by atoms with Crippen molar-refractivity contribution in [3.63, 3.8) is 0 Å². The number of benzene rings is 8. The first kappa shape index (κ1) is 32.0. The van der Waals surface area contributed by atoms with Gasteiger partial charge in [-0.3, -0.25) is 0 Å². The minimum absolute atomic E-state index is 0.0643. The molecule has 0 aromatic heterocycles. The Morgan fingerprint density at radius 1 is 0.352 bits per heavy atom. The molecule has 0 unspecified atom stereocenters. The first-order chi connectivity index (χ1) is 26.5. The maximum absolute atomic E-state index is 3.84. The molecule has 2 heteroatoms. The van der Waals surface area contributed by atoms with E-state index in [1.165, 1.54) is 55.6 Å². The van der Waals surface area contributed by atoms with Gasteiger partial charge in [-0.25, -0.2) is 0 Å². The van der Waals surface area contributed by atoms with Gasteiger partial charge in [0.05, 0.1) is 5.41 Å². The Kier molecular flexibility index (Phi) is 7.42. The molecule has 2 aliphatic rings. The molecular formula is C52H40N2. The largest absolute Gasteiger partial charge is 0.356 e. The van der Waals surface area contributed by atoms with Crippen LogP contribution in [0, 0.1) is 0 Å². The molecule has 10 rings (SSSR count). The average Bonchev–Trinajstić information content (AvgIpc) is 3.65. The molecule has 2 nitrogen and oxygen atoms in total. The van der Waals surface area contributed by atoms with Gasteiger partial charge in [-0.05, 0) is 116 Å². The van der Waals surface area contributed by atoms with Crippen molar-refractivity contribution < 1.29 is 0 Å². The second-order valence-electron chi connectivity index (χ2n) is 15.0. The Balaban J connectivity index is 1.14. The maximum atomic E-state index is 3.84. The lowest BCUT2D eigenvalue weighted by molar-refractivity contribution is 0.660. The summed E-state index contributed by atoms with van der Waals surface area (Å²) in [7, 11) is 0. The van der Waals surface area contributed by atoms with Crippen molar-refractivity contribution >= 4 is 28.4 Å². The van der Waals surface area contributed by atoms with E-state index in [4.69, 9.17) is 0 Å². The van der Waals surface area contributed by atoms with Crippen LogP contribution < -0.4 is 10.2 Å². The minimum atomic E-state index is -0.554. The third-order valence-electron chi connectivity index (χ3n) is 11.7. The standard InChI is InChI=1S/C52H40N2/c1-51(2)47-28-12-9-25-43(47)46-32-31-39(35-50(46)51)53-38-19-15-17-36(33-38)52(48-29-13-10-26-44(48)45-27-11-14-30-49(45)52)37-18-16-24-42(34-37)54(40-20-5-3-6-21-40)41-22-7-4-8-23-41/h3-35,53H,1-2H3. The Morgan fingerprint density at radius 3 is 1.44 bits per heavy atom. The predicted molar refractivity (Wildman–Crippen MR) is 226 cm³/mol. The summed E-state index contributed by atoms with van der Waals surface area (Å²) in [5.74, 6) is 0. The number of hydrogen-bond donors (Lipinski definition) is 1. The quantitative estimate of drug-likeness (QED) is 0.179. The fourth-order valence-electron chi connectivity index (χ4n) is 9.28. The molecule has 8 aromatic carbocycles. The van der Waals surface area contributed by atoms with Gasteiger partial charge in [0.15, 0.2) is 0 Å². The van der Waals surface area contributed by atoms with Crippen LogP contribution >= 0.6 is 0 Å². The van der Waals surface area contributed by atoms with E-state index < -0.39 is 5.41 Å². The number of anilines is 5. The Morgan fingerprint density at radius 2 is 0.815 bits per heavy atom. The smallest absolute Gasteiger partial charge is 0.0715 e. The highest BCUT2D eigenvalue weighted by Crippen LogP contribution is 2.57. The highest BCUT2D eigenvalue weighted by Gasteiger charge is 2.46. The Bertz CT molecular complexity index is 2590. The van der Waals surface area contributed by atoms with Crippen LogP contribution in [0.25, 0.3) is 22.3 Å². The molecule has 0 atom stereocenters. The number of fused-ring (bicyclic) bond motifs is 6. The first-order valence-corrected chi connectivity index (χ1v) is 18.9. The van der Waals surface area contributed by atoms with Gasteiger partial charge in [-0.15, -0.1) is 0 Å². The van der Waals surface area contributed by atoms with E-state index in [9.17, 15) is 0 Å². The lowest BCUT2D eigenvalue weighted by Crippen LogP contribution is -2.29. The van der Waals surface area contributed by atoms with Crippen molar-refractivity contribution in [1.29, 1.82) is 0 Å². The van der Waals surface area contributed by atoms with Gasteiger partial charge < -0.3 is 10.2 Å². The summed E-state index contributed by atoms with van der Waals surface area (Å²) in [6, 6.07) is 73.2. The van der Waals surface area contributed by atoms with E-state index in [-0.39, 0.29) is 5.41 Å². The molecule has 0 radical (unpaired) electrons. The highest BCUT2D eigenvalue weighted by molar-refractivity contribution is 5.88. The molecule has 8 aromatic rings. The van der Waals surface area contributed by atoms with E-state index in [0.717, 1.165) is 28.4 Å². The molecule has 0 heterocycles. The van der Waals surface area contributed by atoms with Crippen LogP contribution in [0.1, 0.15) is 47.2 Å². The lowest BCUT2D eigenvalue weighted by Gasteiger charge is -2.35. The Labute approximate surface area is 318 Å². The van der Waals surface area contributed by atoms with E-state index in [0.29, 0.717) is 0 Å². The van der Waals surface area contributed by atoms with E-state index >= 15 is 0 Å². The SMILES string of the molecule is CC1(C)c2ccccc2-c2ccc(Nc3cccc(C4(c5cccc(N(c6ccccc6)c6ccccc6)c5)c5ccccc5-c5ccccc54)c3)cc21. The fraction of sp³-hybridized carbons (Fsp3) is 0.0769. The van der Waals surface area contributed by atoms with E-state index in [1.54, 1.807) is 0 Å². The lowest BCUT2D eigenvalue weighted by atomic mass is 9.67. The normalized spacial score (nSPS) is 14.0. The van der Waals surface area contributed by atoms with Gasteiger partial charge >= 0.3 is 0 Å². The van der Waals surface area contributed by atoms with Crippen LogP contribution in [-0.2, 0) is 10.8 Å². The molecule has 2 aliphatic carbocycles. The summed E-state index contributed by atoms with van der Waals surface area (Å²) in [5.41, 5.74) is 17.9. The summed E-state index contributed by atoms with van der Waals surface area (Å²) < 4.78 is 0. The Hall–Kier alpha value is -6.64. The van der Waals surface area contributed by atoms with Gasteiger partial charge in [-0.2, -0.15) is 0 Å². The maximum Gasteiger partial charge on any atom is 0.0715 e. The molecule has 0 spiro atoms. The minimum Gasteiger partial charge on any atom is -0.356 e. The molecule has 0 amide bonds. The van der Waals surface area contributed by atoms with Gasteiger partial charge in [-0.1, -0.05) is 153 Å². The number of hydrogen-bond acceptors (Lipinski definition) is 2. The third kappa shape index (κ3) is 4.87. The summed E-state index contributed by atoms with van der Waals surface area (Å²) in [5, 5.41) is 3.84. The van der Waals surface area contributed by atoms with Crippen LogP contribution in [0.15, 0.2) is 200 Å². The number of rotatable bonds is 7. The van der Waals surface area contributed by atoms with E-state index in [2.05, 4.69) is 224 Å². The molecule has 0 saturated heterocycles. The first-order valence-electron chi connectivity index (χ1n) is 18.9. The van der Waals surface area contributed by atoms with Crippen molar-refractivity contribution in [2.75, 3.05) is 10.2 Å². The summed E-state index contributed by atoms with van der Waals surface area (Å²) in [6.45, 7) is 4.68. The zero-order valence-corrected chi connectivity index (χ0v) is 30.5. The average molecular weight is 693 g/mol. The summed E-state index contributed by atoms with van der Waals surface area (Å²) in [6.07, 6.45) is 0. The molecular weight excluding hydrogens is 653 g/mol. The van der Waals surface area contributed by atoms with Crippen LogP contribution in [0.4, 0.5) is 28.4 Å². The van der Waals surface area contributed by atoms with Crippen LogP contribution in [0.3, 0.4) is 0 Å². The monoisotopic (exact) mass is 692 g/mol. The van der Waals surface area contributed by atoms with Crippen LogP contribution in [-0.4, -0.2) is 0 Å². The van der Waals surface area contributed by atoms with Crippen LogP contribution in [0.2, 0.25) is 0 Å². The predicted octanol–water partition coefficient (Wildman–Crippen LogP) is 13.6. The number of para-hydroxylation sites is 2. The zero-order valence-electron chi connectivity index (χ0n) is 30.5. The number of nitrogens with zero attached hydrogens (tertiary/aromatic N) is 1. The fourth-order valence-corrected chi connectivity index (χ4v) is 9.28. The van der Waals surface area contributed by atoms with Crippen molar-refractivity contribution in [3.8, 4) is 22.3 Å². The molecule has 0 bridgehead atoms. The topological polar surface area (TPSA) is 15.3 Å². The zero-order chi connectivity index (χ0) is 36.3. The van der Waals surface area contributed by atoms with Gasteiger partial charge in [0, 0.05) is 33.9 Å². The van der Waals surface area contributed by atoms with Crippen LogP contribution in [0.5, 0.6) is 0 Å². The van der Waals surface area contributed by atoms with Gasteiger partial charge in [0.25, 0.3) is 0 Å². The van der Waals surface area contributed by atoms with Crippen molar-refractivity contribution in [1.82, 2.24) is 0 Å². The highest BCUT2D eigenvalue weighted by atomic mass is 15.1. The van der Waals surface area contributed by atoms with Crippen molar-refractivity contribution in [2.24, 2.45) is 0 Å². The number of nitrogens with one attached hydrogen (secondary N) is 1. The molecule has 1 N–H and O–H groups in total. The van der Waals surface area contributed by atoms with Crippen molar-refractivity contribution in [3.05, 3.63) is 234 Å². The molecule has 54 heavy (non-hydrogen) atoms. The second kappa shape index (κ2) is 12.5. The van der Waals surface area contributed by atoms with Gasteiger partial charge in [0.2, 0.25) is 0 Å². The molecule has 258 valence electrons. The molecule has 0 fully saturated rings. The summed E-state index contributed by atoms with van der Waals surface area (Å²) >= 11 is 0. The van der Waals surface area contributed by atoms with Crippen molar-refractivity contribution in [2.45, 2.75) is 24.7 Å².